The third kappa shape index (κ3) is 7.65. The topological polar surface area (TPSA) is 72.8 Å². The molecule has 1 saturated heterocycles. The molecule has 0 radical (unpaired) electrons. The highest BCUT2D eigenvalue weighted by Gasteiger charge is 2.28. The number of nitrogens with one attached hydrogen (secondary N) is 1. The molecular weight excluding hydrogens is 446 g/mol. The molecule has 1 aromatic carbocycles. The first-order valence-electron chi connectivity index (χ1n) is 13.7. The first-order valence-corrected chi connectivity index (χ1v) is 13.7. The normalized spacial score (nSPS) is 17.5. The molecule has 36 heavy (non-hydrogen) atoms. The van der Waals surface area contributed by atoms with Crippen molar-refractivity contribution in [2.75, 3.05) is 19.8 Å². The van der Waals surface area contributed by atoms with E-state index in [4.69, 9.17) is 4.74 Å². The fourth-order valence-electron chi connectivity index (χ4n) is 5.12. The van der Waals surface area contributed by atoms with E-state index in [1.54, 1.807) is 12.4 Å². The van der Waals surface area contributed by atoms with Gasteiger partial charge in [0.05, 0.1) is 18.9 Å². The van der Waals surface area contributed by atoms with E-state index in [9.17, 15) is 0 Å². The molecule has 2 aromatic heterocycles. The molecule has 2 atom stereocenters. The highest BCUT2D eigenvalue weighted by Crippen LogP contribution is 2.28. The van der Waals surface area contributed by atoms with Crippen LogP contribution < -0.4 is 5.32 Å². The molecule has 0 unspecified atom stereocenters. The summed E-state index contributed by atoms with van der Waals surface area (Å²) in [6.45, 7) is 6.61. The Morgan fingerprint density at radius 1 is 0.944 bits per heavy atom. The third-order valence-corrected chi connectivity index (χ3v) is 7.16. The van der Waals surface area contributed by atoms with Crippen LogP contribution in [0.1, 0.15) is 80.2 Å². The van der Waals surface area contributed by atoms with Crippen molar-refractivity contribution in [3.63, 3.8) is 0 Å². The molecule has 1 fully saturated rings. The van der Waals surface area contributed by atoms with E-state index in [1.165, 1.54) is 56.1 Å². The fraction of sp³-hybridized carbons (Fsp3) is 0.533. The predicted molar refractivity (Wildman–Crippen MR) is 145 cm³/mol. The summed E-state index contributed by atoms with van der Waals surface area (Å²) in [4.78, 5) is 8.69. The summed E-state index contributed by atoms with van der Waals surface area (Å²) < 4.78 is 6.17. The maximum Gasteiger partial charge on any atom is 0.180 e. The molecule has 0 spiro atoms. The average molecular weight is 488 g/mol. The van der Waals surface area contributed by atoms with Crippen LogP contribution in [0.3, 0.4) is 0 Å². The predicted octanol–water partition coefficient (Wildman–Crippen LogP) is 5.85. The lowest BCUT2D eigenvalue weighted by Gasteiger charge is -2.20. The van der Waals surface area contributed by atoms with Gasteiger partial charge in [0.1, 0.15) is 5.69 Å². The quantitative estimate of drug-likeness (QED) is 0.288. The van der Waals surface area contributed by atoms with Crippen molar-refractivity contribution in [3.05, 3.63) is 71.2 Å². The number of rotatable bonds is 14. The zero-order valence-corrected chi connectivity index (χ0v) is 22.0. The molecular formula is C30H41N5O. The van der Waals surface area contributed by atoms with Crippen LogP contribution in [0.25, 0.3) is 11.5 Å². The molecule has 192 valence electrons. The van der Waals surface area contributed by atoms with E-state index in [2.05, 4.69) is 62.7 Å². The number of unbranched alkanes of at least 4 members (excludes halogenated alkanes) is 5. The number of hydrogen-bond acceptors (Lipinski definition) is 6. The van der Waals surface area contributed by atoms with Gasteiger partial charge in [0.25, 0.3) is 0 Å². The summed E-state index contributed by atoms with van der Waals surface area (Å²) in [7, 11) is 0. The van der Waals surface area contributed by atoms with E-state index in [-0.39, 0.29) is 0 Å². The minimum atomic E-state index is 0.351. The van der Waals surface area contributed by atoms with Crippen LogP contribution in [0.2, 0.25) is 0 Å². The van der Waals surface area contributed by atoms with Gasteiger partial charge in [0.2, 0.25) is 0 Å². The Hall–Kier alpha value is -2.70. The van der Waals surface area contributed by atoms with E-state index >= 15 is 0 Å². The number of ether oxygens (including phenoxy) is 1. The second kappa shape index (κ2) is 14.1. The van der Waals surface area contributed by atoms with Crippen molar-refractivity contribution < 1.29 is 4.74 Å². The lowest BCUT2D eigenvalue weighted by atomic mass is 9.91. The molecule has 3 heterocycles. The van der Waals surface area contributed by atoms with Crippen molar-refractivity contribution >= 4 is 0 Å². The highest BCUT2D eigenvalue weighted by molar-refractivity contribution is 5.53. The van der Waals surface area contributed by atoms with Crippen LogP contribution >= 0.6 is 0 Å². The van der Waals surface area contributed by atoms with Crippen LogP contribution in [-0.2, 0) is 17.6 Å². The summed E-state index contributed by atoms with van der Waals surface area (Å²) in [5.41, 5.74) is 5.60. The Morgan fingerprint density at radius 3 is 2.53 bits per heavy atom. The van der Waals surface area contributed by atoms with E-state index in [1.807, 2.05) is 13.0 Å². The number of hydrogen-bond donors (Lipinski definition) is 1. The first kappa shape index (κ1) is 26.4. The van der Waals surface area contributed by atoms with Crippen LogP contribution in [0.15, 0.2) is 48.8 Å². The minimum Gasteiger partial charge on any atom is -0.379 e. The monoisotopic (exact) mass is 487 g/mol. The van der Waals surface area contributed by atoms with Gasteiger partial charge in [-0.1, -0.05) is 63.3 Å². The Kier molecular flexibility index (Phi) is 10.4. The Balaban J connectivity index is 1.24. The molecule has 0 saturated carbocycles. The summed E-state index contributed by atoms with van der Waals surface area (Å²) in [5, 5.41) is 12.2. The van der Waals surface area contributed by atoms with Gasteiger partial charge in [0.15, 0.2) is 5.82 Å². The average Bonchev–Trinajstić information content (AvgIpc) is 3.38. The zero-order chi connectivity index (χ0) is 25.0. The Morgan fingerprint density at radius 2 is 1.72 bits per heavy atom. The van der Waals surface area contributed by atoms with Crippen LogP contribution in [0.4, 0.5) is 0 Å². The van der Waals surface area contributed by atoms with Crippen molar-refractivity contribution in [1.82, 2.24) is 25.5 Å². The molecule has 0 bridgehead atoms. The maximum atomic E-state index is 6.17. The highest BCUT2D eigenvalue weighted by atomic mass is 16.5. The standard InChI is InChI=1S/C30H41N5O/c1-3-4-5-6-7-8-10-24-11-13-25(14-12-24)27-15-19-31-28(27)22-36-20-16-26-21-23(2)34-35-29(26)30-32-17-9-18-33-30/h9,11-14,17-18,21,27-28,31H,3-8,10,15-16,19-20,22H2,1-2H3/t27-,28-/m1/s1. The van der Waals surface area contributed by atoms with Gasteiger partial charge >= 0.3 is 0 Å². The molecule has 0 amide bonds. The molecule has 1 aliphatic rings. The lowest BCUT2D eigenvalue weighted by Crippen LogP contribution is -2.31. The van der Waals surface area contributed by atoms with Crippen LogP contribution in [0, 0.1) is 6.92 Å². The second-order valence-electron chi connectivity index (χ2n) is 9.97. The van der Waals surface area contributed by atoms with Crippen molar-refractivity contribution in [3.8, 4) is 11.5 Å². The zero-order valence-electron chi connectivity index (χ0n) is 22.0. The van der Waals surface area contributed by atoms with Crippen molar-refractivity contribution in [2.24, 2.45) is 0 Å². The fourth-order valence-corrected chi connectivity index (χ4v) is 5.12. The summed E-state index contributed by atoms with van der Waals surface area (Å²) >= 11 is 0. The number of aryl methyl sites for hydroxylation is 2. The minimum absolute atomic E-state index is 0.351. The van der Waals surface area contributed by atoms with Gasteiger partial charge in [-0.3, -0.25) is 0 Å². The SMILES string of the molecule is CCCCCCCCc1ccc([C@H]2CCN[C@@H]2COCCc2cc(C)nnc2-c2ncccn2)cc1. The van der Waals surface area contributed by atoms with E-state index < -0.39 is 0 Å². The lowest BCUT2D eigenvalue weighted by molar-refractivity contribution is 0.114. The van der Waals surface area contributed by atoms with Gasteiger partial charge < -0.3 is 10.1 Å². The molecule has 3 aromatic rings. The summed E-state index contributed by atoms with van der Waals surface area (Å²) in [5.74, 6) is 1.11. The van der Waals surface area contributed by atoms with Crippen molar-refractivity contribution in [1.29, 1.82) is 0 Å². The summed E-state index contributed by atoms with van der Waals surface area (Å²) in [6, 6.07) is 13.6. The summed E-state index contributed by atoms with van der Waals surface area (Å²) in [6.07, 6.45) is 14.7. The first-order chi connectivity index (χ1) is 17.7. The van der Waals surface area contributed by atoms with Gasteiger partial charge in [-0.05, 0) is 68.0 Å². The van der Waals surface area contributed by atoms with E-state index in [0.29, 0.717) is 31.0 Å². The Labute approximate surface area is 216 Å². The molecule has 4 rings (SSSR count). The van der Waals surface area contributed by atoms with E-state index in [0.717, 1.165) is 36.3 Å². The second-order valence-corrected chi connectivity index (χ2v) is 9.97. The number of benzene rings is 1. The number of nitrogens with zero attached hydrogens (tertiary/aromatic N) is 4. The largest absolute Gasteiger partial charge is 0.379 e. The molecule has 0 aliphatic carbocycles. The third-order valence-electron chi connectivity index (χ3n) is 7.16. The van der Waals surface area contributed by atoms with Crippen molar-refractivity contribution in [2.45, 2.75) is 83.6 Å². The van der Waals surface area contributed by atoms with Gasteiger partial charge in [-0.15, -0.1) is 5.10 Å². The van der Waals surface area contributed by atoms with Gasteiger partial charge in [-0.25, -0.2) is 9.97 Å². The van der Waals surface area contributed by atoms with Crippen LogP contribution in [0.5, 0.6) is 0 Å². The molecule has 6 heteroatoms. The molecule has 6 nitrogen and oxygen atoms in total. The molecule has 1 N–H and O–H groups in total. The maximum absolute atomic E-state index is 6.17. The molecule has 1 aliphatic heterocycles. The number of aromatic nitrogens is 4. The van der Waals surface area contributed by atoms with Gasteiger partial charge in [0, 0.05) is 24.4 Å². The van der Waals surface area contributed by atoms with Crippen LogP contribution in [-0.4, -0.2) is 46.0 Å². The Bertz CT molecular complexity index is 1040. The van der Waals surface area contributed by atoms with Gasteiger partial charge in [-0.2, -0.15) is 5.10 Å². The smallest absolute Gasteiger partial charge is 0.180 e.